The molecule has 1 saturated heterocycles. The van der Waals surface area contributed by atoms with Crippen LogP contribution in [0.4, 0.5) is 26.3 Å². The van der Waals surface area contributed by atoms with Crippen LogP contribution in [-0.2, 0) is 20.4 Å². The maximum atomic E-state index is 13.9. The van der Waals surface area contributed by atoms with Crippen molar-refractivity contribution < 1.29 is 40.6 Å². The lowest BCUT2D eigenvalue weighted by Crippen LogP contribution is -2.64. The van der Waals surface area contributed by atoms with Gasteiger partial charge >= 0.3 is 12.4 Å². The molecule has 1 fully saturated rings. The summed E-state index contributed by atoms with van der Waals surface area (Å²) in [5.41, 5.74) is -4.53. The number of alkyl halides is 6. The average Bonchev–Trinajstić information content (AvgIpc) is 2.88. The Bertz CT molecular complexity index is 1060. The monoisotopic (exact) mass is 543 g/mol. The number of benzene rings is 3. The molecule has 3 nitrogen and oxygen atoms in total. The van der Waals surface area contributed by atoms with Crippen LogP contribution >= 0.6 is 0 Å². The van der Waals surface area contributed by atoms with Crippen molar-refractivity contribution in [2.24, 2.45) is 0 Å². The molecule has 10 heteroatoms. The van der Waals surface area contributed by atoms with Crippen molar-refractivity contribution in [1.29, 1.82) is 0 Å². The van der Waals surface area contributed by atoms with E-state index in [-0.39, 0.29) is 18.8 Å². The first kappa shape index (κ1) is 27.3. The van der Waals surface area contributed by atoms with Gasteiger partial charge in [0.15, 0.2) is 21.0 Å². The lowest BCUT2D eigenvalue weighted by atomic mass is 10.0. The summed E-state index contributed by atoms with van der Waals surface area (Å²) in [4.78, 5) is 2.85. The van der Waals surface area contributed by atoms with Crippen molar-refractivity contribution in [2.75, 3.05) is 13.2 Å². The summed E-state index contributed by atoms with van der Waals surface area (Å²) in [7, 11) is -0.534. The third kappa shape index (κ3) is 6.25. The van der Waals surface area contributed by atoms with E-state index >= 15 is 0 Å². The van der Waals surface area contributed by atoms with E-state index in [1.165, 1.54) is 12.1 Å². The molecular formula is C27H25F6O3S+. The SMILES string of the molecule is FC(F)(F)C(COc1ccc([S+](c2ccccc2)c2ccccc2)cc1)(OC1CCCCO1)C(F)(F)F. The fraction of sp³-hybridized carbons (Fsp3) is 0.333. The molecule has 0 N–H and O–H groups in total. The van der Waals surface area contributed by atoms with Gasteiger partial charge in [0.2, 0.25) is 0 Å². The molecule has 1 unspecified atom stereocenters. The Morgan fingerprint density at radius 3 is 1.68 bits per heavy atom. The molecule has 1 aliphatic rings. The highest BCUT2D eigenvalue weighted by atomic mass is 32.2. The largest absolute Gasteiger partial charge is 0.490 e. The molecule has 1 heterocycles. The standard InChI is InChI=1S/C27H25F6O3S/c28-26(29,30)25(27(31,32)33,36-24-13-7-8-18-34-24)19-35-20-14-16-23(17-15-20)37(21-9-3-1-4-10-21)22-11-5-2-6-12-22/h1-6,9-12,14-17,24H,7-8,13,18-19H2/q+1. The minimum Gasteiger partial charge on any atom is -0.490 e. The van der Waals surface area contributed by atoms with Crippen molar-refractivity contribution >= 4 is 10.9 Å². The molecule has 4 rings (SSSR count). The Morgan fingerprint density at radius 1 is 0.703 bits per heavy atom. The van der Waals surface area contributed by atoms with E-state index in [0.29, 0.717) is 12.8 Å². The molecular weight excluding hydrogens is 518 g/mol. The predicted octanol–water partition coefficient (Wildman–Crippen LogP) is 7.57. The quantitative estimate of drug-likeness (QED) is 0.217. The molecule has 37 heavy (non-hydrogen) atoms. The summed E-state index contributed by atoms with van der Waals surface area (Å²) in [6.45, 7) is -1.76. The van der Waals surface area contributed by atoms with Crippen molar-refractivity contribution in [2.45, 2.75) is 58.2 Å². The average molecular weight is 544 g/mol. The van der Waals surface area contributed by atoms with Crippen molar-refractivity contribution in [3.63, 3.8) is 0 Å². The lowest BCUT2D eigenvalue weighted by molar-refractivity contribution is -0.415. The number of hydrogen-bond acceptors (Lipinski definition) is 3. The van der Waals surface area contributed by atoms with Crippen LogP contribution in [0.15, 0.2) is 99.6 Å². The smallest absolute Gasteiger partial charge is 0.430 e. The number of ether oxygens (including phenoxy) is 3. The normalized spacial score (nSPS) is 17.1. The molecule has 1 atom stereocenters. The molecule has 0 spiro atoms. The van der Waals surface area contributed by atoms with Crippen molar-refractivity contribution in [3.8, 4) is 5.75 Å². The molecule has 0 aliphatic carbocycles. The summed E-state index contributed by atoms with van der Waals surface area (Å²) < 4.78 is 98.1. The Hall–Kier alpha value is -2.69. The first-order valence-corrected chi connectivity index (χ1v) is 12.8. The van der Waals surface area contributed by atoms with Crippen LogP contribution in [0.3, 0.4) is 0 Å². The van der Waals surface area contributed by atoms with Crippen LogP contribution in [0, 0.1) is 0 Å². The minimum absolute atomic E-state index is 0.0313. The van der Waals surface area contributed by atoms with Crippen LogP contribution in [0.2, 0.25) is 0 Å². The van der Waals surface area contributed by atoms with Gasteiger partial charge in [-0.1, -0.05) is 36.4 Å². The van der Waals surface area contributed by atoms with Gasteiger partial charge in [0.05, 0.1) is 10.9 Å². The van der Waals surface area contributed by atoms with E-state index in [2.05, 4.69) is 4.74 Å². The van der Waals surface area contributed by atoms with Gasteiger partial charge in [-0.05, 0) is 67.8 Å². The maximum absolute atomic E-state index is 13.9. The van der Waals surface area contributed by atoms with Crippen LogP contribution in [0.25, 0.3) is 0 Å². The van der Waals surface area contributed by atoms with Crippen LogP contribution in [-0.4, -0.2) is 37.5 Å². The molecule has 0 aromatic heterocycles. The number of rotatable bonds is 8. The predicted molar refractivity (Wildman–Crippen MR) is 127 cm³/mol. The number of hydrogen-bond donors (Lipinski definition) is 0. The molecule has 0 amide bonds. The Balaban J connectivity index is 1.58. The van der Waals surface area contributed by atoms with Gasteiger partial charge in [-0.25, -0.2) is 0 Å². The topological polar surface area (TPSA) is 27.7 Å². The highest BCUT2D eigenvalue weighted by Crippen LogP contribution is 2.47. The van der Waals surface area contributed by atoms with E-state index in [1.54, 1.807) is 12.1 Å². The molecule has 0 saturated carbocycles. The van der Waals surface area contributed by atoms with E-state index in [9.17, 15) is 26.3 Å². The highest BCUT2D eigenvalue weighted by molar-refractivity contribution is 7.97. The summed E-state index contributed by atoms with van der Waals surface area (Å²) in [5.74, 6) is -0.139. The summed E-state index contributed by atoms with van der Waals surface area (Å²) >= 11 is 0. The van der Waals surface area contributed by atoms with Gasteiger partial charge in [-0.15, -0.1) is 0 Å². The zero-order valence-corrected chi connectivity index (χ0v) is 20.4. The molecule has 3 aromatic rings. The fourth-order valence-electron chi connectivity index (χ4n) is 3.90. The van der Waals surface area contributed by atoms with Crippen molar-refractivity contribution in [1.82, 2.24) is 0 Å². The zero-order valence-electron chi connectivity index (χ0n) is 19.6. The molecule has 0 radical (unpaired) electrons. The van der Waals surface area contributed by atoms with Crippen LogP contribution in [0.5, 0.6) is 5.75 Å². The van der Waals surface area contributed by atoms with E-state index in [4.69, 9.17) is 9.47 Å². The third-order valence-corrected chi connectivity index (χ3v) is 8.08. The lowest BCUT2D eigenvalue weighted by Gasteiger charge is -2.39. The third-order valence-electron chi connectivity index (χ3n) is 5.85. The molecule has 198 valence electrons. The van der Waals surface area contributed by atoms with E-state index in [0.717, 1.165) is 14.7 Å². The fourth-order valence-corrected chi connectivity index (χ4v) is 5.98. The Kier molecular flexibility index (Phi) is 8.40. The molecule has 0 bridgehead atoms. The highest BCUT2D eigenvalue weighted by Gasteiger charge is 2.74. The second kappa shape index (κ2) is 11.4. The first-order chi connectivity index (χ1) is 17.6. The summed E-state index contributed by atoms with van der Waals surface area (Å²) in [6, 6.07) is 25.3. The summed E-state index contributed by atoms with van der Waals surface area (Å²) in [6.07, 6.45) is -12.3. The minimum atomic E-state index is -5.78. The summed E-state index contributed by atoms with van der Waals surface area (Å²) in [5, 5.41) is 0. The second-order valence-corrected chi connectivity index (χ2v) is 10.5. The van der Waals surface area contributed by atoms with E-state index < -0.39 is 41.7 Å². The van der Waals surface area contributed by atoms with Crippen LogP contribution < -0.4 is 4.74 Å². The maximum Gasteiger partial charge on any atom is 0.430 e. The van der Waals surface area contributed by atoms with Gasteiger partial charge in [-0.3, -0.25) is 0 Å². The van der Waals surface area contributed by atoms with Gasteiger partial charge in [0, 0.05) is 6.61 Å². The van der Waals surface area contributed by atoms with E-state index in [1.807, 2.05) is 60.7 Å². The van der Waals surface area contributed by atoms with Gasteiger partial charge in [-0.2, -0.15) is 26.3 Å². The molecule has 3 aromatic carbocycles. The molecule has 1 aliphatic heterocycles. The Labute approximate surface area is 213 Å². The van der Waals surface area contributed by atoms with Gasteiger partial charge < -0.3 is 14.2 Å². The van der Waals surface area contributed by atoms with Crippen LogP contribution in [0.1, 0.15) is 19.3 Å². The Morgan fingerprint density at radius 2 is 1.22 bits per heavy atom. The number of halogens is 6. The second-order valence-electron chi connectivity index (χ2n) is 8.43. The first-order valence-electron chi connectivity index (χ1n) is 11.6. The zero-order chi connectivity index (χ0) is 26.5. The van der Waals surface area contributed by atoms with Gasteiger partial charge in [0.25, 0.3) is 5.60 Å². The van der Waals surface area contributed by atoms with Crippen molar-refractivity contribution in [3.05, 3.63) is 84.9 Å². The van der Waals surface area contributed by atoms with Gasteiger partial charge in [0.1, 0.15) is 12.4 Å².